The number of aliphatic hydroxyl groups is 1. The van der Waals surface area contributed by atoms with Gasteiger partial charge < -0.3 is 15.3 Å². The molecule has 2 aromatic heterocycles. The van der Waals surface area contributed by atoms with Crippen molar-refractivity contribution in [1.29, 1.82) is 0 Å². The summed E-state index contributed by atoms with van der Waals surface area (Å²) in [6, 6.07) is 11.8. The van der Waals surface area contributed by atoms with Crippen LogP contribution in [0.25, 0.3) is 16.6 Å². The Kier molecular flexibility index (Phi) is 8.97. The van der Waals surface area contributed by atoms with Crippen LogP contribution in [-0.2, 0) is 6.54 Å². The zero-order chi connectivity index (χ0) is 26.5. The summed E-state index contributed by atoms with van der Waals surface area (Å²) in [6.07, 6.45) is 10.4. The Morgan fingerprint density at radius 1 is 1.03 bits per heavy atom. The molecule has 1 atom stereocenters. The van der Waals surface area contributed by atoms with E-state index >= 15 is 0 Å². The van der Waals surface area contributed by atoms with Gasteiger partial charge in [-0.25, -0.2) is 9.50 Å². The normalized spacial score (nSPS) is 22.1. The summed E-state index contributed by atoms with van der Waals surface area (Å²) in [5.74, 6) is 1.10. The number of rotatable bonds is 10. The lowest BCUT2D eigenvalue weighted by Crippen LogP contribution is -2.43. The molecule has 2 fully saturated rings. The third kappa shape index (κ3) is 6.56. The molecule has 38 heavy (non-hydrogen) atoms. The molecule has 2 N–H and O–H groups in total. The molecule has 3 heterocycles. The molecule has 0 bridgehead atoms. The summed E-state index contributed by atoms with van der Waals surface area (Å²) in [4.78, 5) is 9.69. The Labute approximate surface area is 228 Å². The average Bonchev–Trinajstić information content (AvgIpc) is 3.30. The SMILES string of the molecule is CCCCC[C@H](C)Nc1ncc2c(-c3ccc(CN4CCN(C)CC4)cc3)cc([C@H]3CC[C@H](O)CC3)n2n1. The zero-order valence-electron chi connectivity index (χ0n) is 23.6. The van der Waals surface area contributed by atoms with Crippen molar-refractivity contribution in [2.75, 3.05) is 38.5 Å². The number of nitrogens with one attached hydrogen (secondary N) is 1. The standard InChI is InChI=1S/C31H46N6O/c1-4-5-6-7-23(2)33-31-32-21-30-28(20-29(37(30)34-31)26-12-14-27(38)15-13-26)25-10-8-24(9-11-25)22-36-18-16-35(3)17-19-36/h8-11,20-21,23,26-27,38H,4-7,12-19,22H2,1-3H3,(H,33,34)/t23-,26-,27-/m0/s1. The maximum Gasteiger partial charge on any atom is 0.241 e. The number of benzene rings is 1. The van der Waals surface area contributed by atoms with E-state index in [1.807, 2.05) is 6.20 Å². The van der Waals surface area contributed by atoms with Crippen LogP contribution >= 0.6 is 0 Å². The van der Waals surface area contributed by atoms with Crippen LogP contribution in [0.5, 0.6) is 0 Å². The highest BCUT2D eigenvalue weighted by Gasteiger charge is 2.26. The molecule has 1 aliphatic carbocycles. The second-order valence-electron chi connectivity index (χ2n) is 11.7. The fraction of sp³-hybridized carbons (Fsp3) is 0.613. The highest BCUT2D eigenvalue weighted by Crippen LogP contribution is 2.37. The lowest BCUT2D eigenvalue weighted by molar-refractivity contribution is 0.121. The first-order valence-electron chi connectivity index (χ1n) is 14.8. The van der Waals surface area contributed by atoms with E-state index in [9.17, 15) is 5.11 Å². The lowest BCUT2D eigenvalue weighted by atomic mass is 9.85. The number of aliphatic hydroxyl groups excluding tert-OH is 1. The van der Waals surface area contributed by atoms with E-state index in [2.05, 4.69) is 70.9 Å². The first kappa shape index (κ1) is 27.1. The summed E-state index contributed by atoms with van der Waals surface area (Å²) in [6.45, 7) is 10.0. The van der Waals surface area contributed by atoms with Crippen LogP contribution in [0.15, 0.2) is 36.5 Å². The molecule has 0 radical (unpaired) electrons. The van der Waals surface area contributed by atoms with Crippen molar-refractivity contribution < 1.29 is 5.11 Å². The number of hydrogen-bond acceptors (Lipinski definition) is 6. The van der Waals surface area contributed by atoms with E-state index in [-0.39, 0.29) is 6.10 Å². The highest BCUT2D eigenvalue weighted by atomic mass is 16.3. The molecule has 1 aromatic carbocycles. The smallest absolute Gasteiger partial charge is 0.241 e. The number of piperazine rings is 1. The Hall–Kier alpha value is -2.48. The van der Waals surface area contributed by atoms with Gasteiger partial charge in [0.1, 0.15) is 0 Å². The van der Waals surface area contributed by atoms with Crippen LogP contribution in [0.2, 0.25) is 0 Å². The van der Waals surface area contributed by atoms with Crippen molar-refractivity contribution in [3.63, 3.8) is 0 Å². The fourth-order valence-corrected chi connectivity index (χ4v) is 6.02. The van der Waals surface area contributed by atoms with Crippen LogP contribution in [0.4, 0.5) is 5.95 Å². The van der Waals surface area contributed by atoms with Crippen molar-refractivity contribution in [2.24, 2.45) is 0 Å². The monoisotopic (exact) mass is 518 g/mol. The Morgan fingerprint density at radius 3 is 2.47 bits per heavy atom. The van der Waals surface area contributed by atoms with Gasteiger partial charge in [0.15, 0.2) is 0 Å². The fourth-order valence-electron chi connectivity index (χ4n) is 6.02. The minimum Gasteiger partial charge on any atom is -0.393 e. The molecule has 0 amide bonds. The van der Waals surface area contributed by atoms with Crippen molar-refractivity contribution in [1.82, 2.24) is 24.4 Å². The zero-order valence-corrected chi connectivity index (χ0v) is 23.6. The number of anilines is 1. The molecule has 0 spiro atoms. The second kappa shape index (κ2) is 12.6. The van der Waals surface area contributed by atoms with E-state index in [0.717, 1.165) is 70.3 Å². The predicted molar refractivity (Wildman–Crippen MR) is 156 cm³/mol. The van der Waals surface area contributed by atoms with E-state index in [1.54, 1.807) is 0 Å². The molecule has 7 heteroatoms. The van der Waals surface area contributed by atoms with Crippen molar-refractivity contribution in [3.05, 3.63) is 47.8 Å². The summed E-state index contributed by atoms with van der Waals surface area (Å²) in [5, 5.41) is 18.7. The van der Waals surface area contributed by atoms with Gasteiger partial charge in [-0.3, -0.25) is 4.90 Å². The first-order valence-corrected chi connectivity index (χ1v) is 14.8. The van der Waals surface area contributed by atoms with Gasteiger partial charge in [-0.1, -0.05) is 50.5 Å². The number of fused-ring (bicyclic) bond motifs is 1. The van der Waals surface area contributed by atoms with E-state index in [0.29, 0.717) is 17.9 Å². The summed E-state index contributed by atoms with van der Waals surface area (Å²) in [7, 11) is 2.20. The van der Waals surface area contributed by atoms with Crippen molar-refractivity contribution in [2.45, 2.75) is 89.8 Å². The van der Waals surface area contributed by atoms with Crippen LogP contribution in [0, 0.1) is 0 Å². The number of nitrogens with zero attached hydrogens (tertiary/aromatic N) is 5. The lowest BCUT2D eigenvalue weighted by Gasteiger charge is -2.32. The van der Waals surface area contributed by atoms with Crippen LogP contribution in [0.1, 0.15) is 82.4 Å². The van der Waals surface area contributed by atoms with Gasteiger partial charge in [-0.2, -0.15) is 0 Å². The largest absolute Gasteiger partial charge is 0.393 e. The quantitative estimate of drug-likeness (QED) is 0.343. The van der Waals surface area contributed by atoms with E-state index in [4.69, 9.17) is 10.1 Å². The first-order chi connectivity index (χ1) is 18.5. The van der Waals surface area contributed by atoms with Gasteiger partial charge >= 0.3 is 0 Å². The third-order valence-corrected chi connectivity index (χ3v) is 8.54. The molecule has 0 unspecified atom stereocenters. The number of unbranched alkanes of at least 4 members (excludes halogenated alkanes) is 2. The number of hydrogen-bond donors (Lipinski definition) is 2. The maximum absolute atomic E-state index is 10.1. The maximum atomic E-state index is 10.1. The molecule has 1 aliphatic heterocycles. The molecule has 5 rings (SSSR count). The number of aromatic nitrogens is 3. The Bertz CT molecular complexity index is 1160. The minimum atomic E-state index is -0.166. The summed E-state index contributed by atoms with van der Waals surface area (Å²) in [5.41, 5.74) is 6.07. The highest BCUT2D eigenvalue weighted by molar-refractivity contribution is 5.81. The average molecular weight is 519 g/mol. The van der Waals surface area contributed by atoms with Gasteiger partial charge in [-0.15, -0.1) is 5.10 Å². The Balaban J connectivity index is 1.39. The minimum absolute atomic E-state index is 0.166. The molecule has 2 aliphatic rings. The molecule has 3 aromatic rings. The second-order valence-corrected chi connectivity index (χ2v) is 11.7. The summed E-state index contributed by atoms with van der Waals surface area (Å²) >= 11 is 0. The molecule has 206 valence electrons. The van der Waals surface area contributed by atoms with Gasteiger partial charge in [-0.05, 0) is 63.3 Å². The molecular weight excluding hydrogens is 472 g/mol. The van der Waals surface area contributed by atoms with Gasteiger partial charge in [0.2, 0.25) is 5.95 Å². The predicted octanol–water partition coefficient (Wildman–Crippen LogP) is 5.54. The molecular formula is C31H46N6O. The van der Waals surface area contributed by atoms with Gasteiger partial charge in [0.05, 0.1) is 17.8 Å². The van der Waals surface area contributed by atoms with Crippen molar-refractivity contribution in [3.8, 4) is 11.1 Å². The molecule has 7 nitrogen and oxygen atoms in total. The number of likely N-dealkylation sites (N-methyl/N-ethyl adjacent to an activating group) is 1. The van der Waals surface area contributed by atoms with Crippen LogP contribution < -0.4 is 5.32 Å². The topological polar surface area (TPSA) is 68.9 Å². The Morgan fingerprint density at radius 2 is 1.76 bits per heavy atom. The van der Waals surface area contributed by atoms with Crippen LogP contribution in [-0.4, -0.2) is 74.9 Å². The van der Waals surface area contributed by atoms with Crippen LogP contribution in [0.3, 0.4) is 0 Å². The molecule has 1 saturated carbocycles. The van der Waals surface area contributed by atoms with E-state index < -0.39 is 0 Å². The van der Waals surface area contributed by atoms with Gasteiger partial charge in [0, 0.05) is 55.9 Å². The third-order valence-electron chi connectivity index (χ3n) is 8.54. The summed E-state index contributed by atoms with van der Waals surface area (Å²) < 4.78 is 2.13. The van der Waals surface area contributed by atoms with Gasteiger partial charge in [0.25, 0.3) is 0 Å². The van der Waals surface area contributed by atoms with Crippen molar-refractivity contribution >= 4 is 11.5 Å². The van der Waals surface area contributed by atoms with E-state index in [1.165, 1.54) is 41.6 Å². The molecule has 1 saturated heterocycles.